The molecule has 0 saturated carbocycles. The van der Waals surface area contributed by atoms with E-state index in [2.05, 4.69) is 31.2 Å². The second-order valence-electron chi connectivity index (χ2n) is 4.46. The summed E-state index contributed by atoms with van der Waals surface area (Å²) in [4.78, 5) is 32.3. The van der Waals surface area contributed by atoms with Gasteiger partial charge < -0.3 is 15.0 Å². The average molecular weight is 343 g/mol. The Hall–Kier alpha value is -1.70. The van der Waals surface area contributed by atoms with Gasteiger partial charge >= 0.3 is 6.01 Å². The molecular weight excluding hydrogens is 328 g/mol. The number of amides is 2. The summed E-state index contributed by atoms with van der Waals surface area (Å²) < 4.78 is 6.39. The van der Waals surface area contributed by atoms with E-state index >= 15 is 0 Å². The molecule has 20 heavy (non-hydrogen) atoms. The number of hydrogen-bond donors (Lipinski definition) is 1. The number of nitrogens with one attached hydrogen (secondary N) is 1. The lowest BCUT2D eigenvalue weighted by Gasteiger charge is -2.16. The quantitative estimate of drug-likeness (QED) is 0.853. The lowest BCUT2D eigenvalue weighted by Crippen LogP contribution is -2.39. The van der Waals surface area contributed by atoms with Crippen molar-refractivity contribution in [2.24, 2.45) is 0 Å². The molecule has 0 bridgehead atoms. The van der Waals surface area contributed by atoms with E-state index in [0.717, 1.165) is 10.9 Å². The third kappa shape index (κ3) is 4.16. The molecule has 8 heteroatoms. The zero-order valence-electron chi connectivity index (χ0n) is 11.0. The highest BCUT2D eigenvalue weighted by Gasteiger charge is 2.28. The van der Waals surface area contributed by atoms with E-state index in [1.54, 1.807) is 17.3 Å². The van der Waals surface area contributed by atoms with Gasteiger partial charge in [0.2, 0.25) is 11.8 Å². The Kier molecular flexibility index (Phi) is 4.89. The van der Waals surface area contributed by atoms with E-state index in [1.165, 1.54) is 6.92 Å². The fourth-order valence-corrected chi connectivity index (χ4v) is 2.08. The van der Waals surface area contributed by atoms with E-state index in [9.17, 15) is 9.59 Å². The summed E-state index contributed by atoms with van der Waals surface area (Å²) in [7, 11) is 0. The fraction of sp³-hybridized carbons (Fsp3) is 0.500. The van der Waals surface area contributed by atoms with Crippen LogP contribution in [0.15, 0.2) is 16.9 Å². The number of hydrogen-bond acceptors (Lipinski definition) is 5. The van der Waals surface area contributed by atoms with Crippen LogP contribution >= 0.6 is 15.9 Å². The SMILES string of the molecule is CC(=O)NCC(=O)N1CCC(Oc2ncc(Br)cn2)C1. The molecule has 108 valence electrons. The number of aromatic nitrogens is 2. The van der Waals surface area contributed by atoms with E-state index in [0.29, 0.717) is 19.1 Å². The molecule has 1 aromatic rings. The van der Waals surface area contributed by atoms with E-state index < -0.39 is 0 Å². The Morgan fingerprint density at radius 3 is 2.85 bits per heavy atom. The molecule has 2 rings (SSSR count). The molecule has 7 nitrogen and oxygen atoms in total. The molecule has 1 saturated heterocycles. The molecule has 1 atom stereocenters. The highest BCUT2D eigenvalue weighted by molar-refractivity contribution is 9.10. The molecular formula is C12H15BrN4O3. The predicted molar refractivity (Wildman–Crippen MR) is 74.0 cm³/mol. The minimum absolute atomic E-state index is 0.0246. The molecule has 0 spiro atoms. The van der Waals surface area contributed by atoms with Crippen molar-refractivity contribution in [2.75, 3.05) is 19.6 Å². The van der Waals surface area contributed by atoms with Crippen molar-refractivity contribution in [3.8, 4) is 6.01 Å². The highest BCUT2D eigenvalue weighted by atomic mass is 79.9. The zero-order valence-corrected chi connectivity index (χ0v) is 12.6. The van der Waals surface area contributed by atoms with Gasteiger partial charge in [-0.25, -0.2) is 9.97 Å². The molecule has 1 fully saturated rings. The summed E-state index contributed by atoms with van der Waals surface area (Å²) in [5.41, 5.74) is 0. The van der Waals surface area contributed by atoms with Gasteiger partial charge in [-0.3, -0.25) is 9.59 Å². The maximum Gasteiger partial charge on any atom is 0.316 e. The number of halogens is 1. The largest absolute Gasteiger partial charge is 0.458 e. The number of ether oxygens (including phenoxy) is 1. The summed E-state index contributed by atoms with van der Waals surface area (Å²) in [6.07, 6.45) is 3.83. The first kappa shape index (κ1) is 14.7. The van der Waals surface area contributed by atoms with Crippen LogP contribution in [0.4, 0.5) is 0 Å². The van der Waals surface area contributed by atoms with Crippen molar-refractivity contribution in [2.45, 2.75) is 19.4 Å². The Morgan fingerprint density at radius 2 is 2.20 bits per heavy atom. The van der Waals surface area contributed by atoms with Gasteiger partial charge in [-0.2, -0.15) is 0 Å². The van der Waals surface area contributed by atoms with Crippen LogP contribution in [0.3, 0.4) is 0 Å². The summed E-state index contributed by atoms with van der Waals surface area (Å²) in [6.45, 7) is 2.50. The standard InChI is InChI=1S/C12H15BrN4O3/c1-8(18)14-6-11(19)17-3-2-10(7-17)20-12-15-4-9(13)5-16-12/h4-5,10H,2-3,6-7H2,1H3,(H,14,18). The van der Waals surface area contributed by atoms with Crippen LogP contribution in [0.1, 0.15) is 13.3 Å². The van der Waals surface area contributed by atoms with Crippen molar-refractivity contribution in [3.63, 3.8) is 0 Å². The molecule has 1 aromatic heterocycles. The number of carbonyl (C=O) groups is 2. The molecule has 1 aliphatic rings. The summed E-state index contributed by atoms with van der Waals surface area (Å²) >= 11 is 3.25. The van der Waals surface area contributed by atoms with Gasteiger partial charge in [0.1, 0.15) is 6.10 Å². The predicted octanol–water partition coefficient (Wildman–Crippen LogP) is 0.355. The van der Waals surface area contributed by atoms with Crippen molar-refractivity contribution < 1.29 is 14.3 Å². The third-order valence-electron chi connectivity index (χ3n) is 2.85. The normalized spacial score (nSPS) is 17.9. The Morgan fingerprint density at radius 1 is 1.50 bits per heavy atom. The summed E-state index contributed by atoms with van der Waals surface area (Å²) in [5, 5.41) is 2.49. The van der Waals surface area contributed by atoms with Crippen LogP contribution in [-0.2, 0) is 9.59 Å². The lowest BCUT2D eigenvalue weighted by molar-refractivity contribution is -0.131. The van der Waals surface area contributed by atoms with E-state index in [1.807, 2.05) is 0 Å². The Balaban J connectivity index is 1.81. The molecule has 0 aliphatic carbocycles. The molecule has 0 aromatic carbocycles. The number of rotatable bonds is 4. The maximum absolute atomic E-state index is 11.8. The van der Waals surface area contributed by atoms with Crippen LogP contribution in [0.2, 0.25) is 0 Å². The lowest BCUT2D eigenvalue weighted by atomic mass is 10.3. The van der Waals surface area contributed by atoms with E-state index in [-0.39, 0.29) is 24.5 Å². The van der Waals surface area contributed by atoms with Gasteiger partial charge in [0.25, 0.3) is 0 Å². The third-order valence-corrected chi connectivity index (χ3v) is 3.26. The Bertz CT molecular complexity index is 494. The van der Waals surface area contributed by atoms with Crippen LogP contribution in [-0.4, -0.2) is 52.4 Å². The fourth-order valence-electron chi connectivity index (χ4n) is 1.87. The molecule has 2 heterocycles. The second kappa shape index (κ2) is 6.65. The van der Waals surface area contributed by atoms with Gasteiger partial charge in [0.15, 0.2) is 0 Å². The zero-order chi connectivity index (χ0) is 14.5. The molecule has 0 radical (unpaired) electrons. The van der Waals surface area contributed by atoms with Crippen molar-refractivity contribution >= 4 is 27.7 Å². The van der Waals surface area contributed by atoms with Gasteiger partial charge in [0, 0.05) is 32.3 Å². The molecule has 2 amide bonds. The van der Waals surface area contributed by atoms with Gasteiger partial charge in [-0.15, -0.1) is 0 Å². The number of nitrogens with zero attached hydrogens (tertiary/aromatic N) is 3. The van der Waals surface area contributed by atoms with Crippen molar-refractivity contribution in [3.05, 3.63) is 16.9 Å². The highest BCUT2D eigenvalue weighted by Crippen LogP contribution is 2.16. The monoisotopic (exact) mass is 342 g/mol. The first-order valence-corrected chi connectivity index (χ1v) is 7.00. The smallest absolute Gasteiger partial charge is 0.316 e. The van der Waals surface area contributed by atoms with Gasteiger partial charge in [-0.05, 0) is 15.9 Å². The summed E-state index contributed by atoms with van der Waals surface area (Å²) in [6, 6.07) is 0.300. The number of carbonyl (C=O) groups excluding carboxylic acids is 2. The first-order valence-electron chi connectivity index (χ1n) is 6.21. The summed E-state index contributed by atoms with van der Waals surface area (Å²) in [5.74, 6) is -0.323. The van der Waals surface area contributed by atoms with Crippen LogP contribution in [0, 0.1) is 0 Å². The van der Waals surface area contributed by atoms with Gasteiger partial charge in [0.05, 0.1) is 17.6 Å². The van der Waals surface area contributed by atoms with Crippen molar-refractivity contribution in [1.29, 1.82) is 0 Å². The maximum atomic E-state index is 11.8. The second-order valence-corrected chi connectivity index (χ2v) is 5.38. The van der Waals surface area contributed by atoms with Crippen LogP contribution in [0.5, 0.6) is 6.01 Å². The topological polar surface area (TPSA) is 84.4 Å². The van der Waals surface area contributed by atoms with Gasteiger partial charge in [-0.1, -0.05) is 0 Å². The van der Waals surface area contributed by atoms with Crippen LogP contribution < -0.4 is 10.1 Å². The minimum Gasteiger partial charge on any atom is -0.458 e. The van der Waals surface area contributed by atoms with E-state index in [4.69, 9.17) is 4.74 Å². The average Bonchev–Trinajstić information content (AvgIpc) is 2.87. The van der Waals surface area contributed by atoms with Crippen molar-refractivity contribution in [1.82, 2.24) is 20.2 Å². The first-order chi connectivity index (χ1) is 9.54. The van der Waals surface area contributed by atoms with Crippen LogP contribution in [0.25, 0.3) is 0 Å². The molecule has 1 N–H and O–H groups in total. The molecule has 1 unspecified atom stereocenters. The minimum atomic E-state index is -0.214. The molecule has 1 aliphatic heterocycles. The Labute approximate surface area is 124 Å². The number of likely N-dealkylation sites (tertiary alicyclic amines) is 1.